The summed E-state index contributed by atoms with van der Waals surface area (Å²) in [5.41, 5.74) is 0.367. The molecule has 2 amide bonds. The summed E-state index contributed by atoms with van der Waals surface area (Å²) >= 11 is 5.74. The minimum atomic E-state index is -3.71. The zero-order valence-corrected chi connectivity index (χ0v) is 12.9. The van der Waals surface area contributed by atoms with Crippen LogP contribution in [0.4, 0.5) is 0 Å². The predicted octanol–water partition coefficient (Wildman–Crippen LogP) is -0.328. The maximum atomic E-state index is 12.1. The van der Waals surface area contributed by atoms with E-state index in [1.54, 1.807) is 0 Å². The number of hydrogen-bond donors (Lipinski definition) is 2. The minimum Gasteiger partial charge on any atom is -0.349 e. The van der Waals surface area contributed by atoms with Crippen LogP contribution in [-0.2, 0) is 15.0 Å². The number of nitrogens with one attached hydrogen (secondary N) is 2. The number of carbonyl (C=O) groups is 2. The second-order valence-electron chi connectivity index (χ2n) is 5.16. The van der Waals surface area contributed by atoms with Crippen molar-refractivity contribution in [3.05, 3.63) is 29.0 Å². The van der Waals surface area contributed by atoms with Crippen LogP contribution in [0.25, 0.3) is 0 Å². The molecule has 2 fully saturated rings. The first-order valence-electron chi connectivity index (χ1n) is 6.62. The normalized spacial score (nSPS) is 27.0. The van der Waals surface area contributed by atoms with Crippen LogP contribution in [0.2, 0.25) is 5.15 Å². The molecule has 10 heteroatoms. The predicted molar refractivity (Wildman–Crippen MR) is 77.3 cm³/mol. The van der Waals surface area contributed by atoms with Gasteiger partial charge in [0.25, 0.3) is 11.8 Å². The molecule has 22 heavy (non-hydrogen) atoms. The van der Waals surface area contributed by atoms with Gasteiger partial charge in [-0.2, -0.15) is 12.7 Å². The molecular weight excluding hydrogens is 332 g/mol. The zero-order valence-electron chi connectivity index (χ0n) is 11.3. The summed E-state index contributed by atoms with van der Waals surface area (Å²) in [6.07, 6.45) is 2.11. The van der Waals surface area contributed by atoms with Gasteiger partial charge in [-0.25, -0.2) is 9.71 Å². The lowest BCUT2D eigenvalue weighted by molar-refractivity contribution is -0.122. The summed E-state index contributed by atoms with van der Waals surface area (Å²) in [7, 11) is -3.71. The number of halogens is 1. The van der Waals surface area contributed by atoms with Gasteiger partial charge in [-0.15, -0.1) is 0 Å². The Labute approximate surface area is 132 Å². The van der Waals surface area contributed by atoms with Crippen molar-refractivity contribution in [1.82, 2.24) is 19.3 Å². The highest BCUT2D eigenvalue weighted by molar-refractivity contribution is 7.88. The number of pyridine rings is 1. The standard InChI is InChI=1S/C12H13ClN4O4S/c13-10-5-7(1-3-14-10)11(18)15-8-2-4-17-9(6-8)12(19)16-22(17,20)21/h1,3,5,8-9H,2,4,6H2,(H,15,18)(H,16,19)/t8-,9-/m0/s1. The summed E-state index contributed by atoms with van der Waals surface area (Å²) < 4.78 is 26.5. The van der Waals surface area contributed by atoms with Crippen LogP contribution in [0.5, 0.6) is 0 Å². The molecule has 2 aliphatic heterocycles. The fourth-order valence-electron chi connectivity index (χ4n) is 2.67. The number of aromatic nitrogens is 1. The molecular formula is C12H13ClN4O4S. The first-order valence-corrected chi connectivity index (χ1v) is 8.44. The van der Waals surface area contributed by atoms with Gasteiger partial charge in [-0.05, 0) is 25.0 Å². The van der Waals surface area contributed by atoms with E-state index >= 15 is 0 Å². The lowest BCUT2D eigenvalue weighted by atomic mass is 9.98. The molecule has 0 aromatic carbocycles. The lowest BCUT2D eigenvalue weighted by Gasteiger charge is -2.31. The van der Waals surface area contributed by atoms with Crippen molar-refractivity contribution in [1.29, 1.82) is 0 Å². The highest BCUT2D eigenvalue weighted by Gasteiger charge is 2.47. The third-order valence-corrected chi connectivity index (χ3v) is 5.44. The second kappa shape index (κ2) is 5.49. The fourth-order valence-corrected chi connectivity index (χ4v) is 4.21. The van der Waals surface area contributed by atoms with Crippen LogP contribution in [0.15, 0.2) is 18.3 Å². The van der Waals surface area contributed by atoms with Crippen molar-refractivity contribution >= 4 is 33.6 Å². The van der Waals surface area contributed by atoms with E-state index in [2.05, 4.69) is 10.3 Å². The van der Waals surface area contributed by atoms with E-state index in [0.29, 0.717) is 12.0 Å². The molecule has 3 heterocycles. The third-order valence-electron chi connectivity index (χ3n) is 3.72. The SMILES string of the molecule is O=C(N[C@H]1CCN2[C@@H](C1)C(=O)NS2(=O)=O)c1ccnc(Cl)c1. The molecule has 2 atom stereocenters. The first kappa shape index (κ1) is 15.2. The quantitative estimate of drug-likeness (QED) is 0.714. The molecule has 2 saturated heterocycles. The van der Waals surface area contributed by atoms with Crippen LogP contribution in [-0.4, -0.2) is 48.1 Å². The Hall–Kier alpha value is -1.71. The van der Waals surface area contributed by atoms with Crippen molar-refractivity contribution in [2.75, 3.05) is 6.54 Å². The Kier molecular flexibility index (Phi) is 3.79. The second-order valence-corrected chi connectivity index (χ2v) is 7.17. The van der Waals surface area contributed by atoms with E-state index in [0.717, 1.165) is 4.31 Å². The van der Waals surface area contributed by atoms with Gasteiger partial charge < -0.3 is 5.32 Å². The molecule has 1 aromatic heterocycles. The first-order chi connectivity index (χ1) is 10.4. The lowest BCUT2D eigenvalue weighted by Crippen LogP contribution is -2.49. The molecule has 2 aliphatic rings. The molecule has 8 nitrogen and oxygen atoms in total. The highest BCUT2D eigenvalue weighted by Crippen LogP contribution is 2.25. The molecule has 2 N–H and O–H groups in total. The molecule has 118 valence electrons. The smallest absolute Gasteiger partial charge is 0.304 e. The average molecular weight is 345 g/mol. The van der Waals surface area contributed by atoms with E-state index in [4.69, 9.17) is 11.6 Å². The van der Waals surface area contributed by atoms with Gasteiger partial charge in [0.1, 0.15) is 11.2 Å². The van der Waals surface area contributed by atoms with Crippen LogP contribution in [0.3, 0.4) is 0 Å². The van der Waals surface area contributed by atoms with Crippen molar-refractivity contribution < 1.29 is 18.0 Å². The van der Waals surface area contributed by atoms with E-state index in [9.17, 15) is 18.0 Å². The van der Waals surface area contributed by atoms with Gasteiger partial charge in [0.15, 0.2) is 0 Å². The fraction of sp³-hybridized carbons (Fsp3) is 0.417. The number of hydrogen-bond acceptors (Lipinski definition) is 5. The minimum absolute atomic E-state index is 0.188. The topological polar surface area (TPSA) is 108 Å². The van der Waals surface area contributed by atoms with Crippen molar-refractivity contribution in [2.45, 2.75) is 24.9 Å². The summed E-state index contributed by atoms with van der Waals surface area (Å²) in [5, 5.41) is 3.01. The third kappa shape index (κ3) is 2.79. The van der Waals surface area contributed by atoms with E-state index < -0.39 is 22.2 Å². The Morgan fingerprint density at radius 3 is 3.00 bits per heavy atom. The Bertz CT molecular complexity index is 738. The van der Waals surface area contributed by atoms with E-state index in [1.165, 1.54) is 18.3 Å². The van der Waals surface area contributed by atoms with Gasteiger partial charge in [0.05, 0.1) is 0 Å². The monoisotopic (exact) mass is 344 g/mol. The van der Waals surface area contributed by atoms with E-state index in [-0.39, 0.29) is 30.1 Å². The maximum absolute atomic E-state index is 12.1. The highest BCUT2D eigenvalue weighted by atomic mass is 35.5. The summed E-state index contributed by atoms with van der Waals surface area (Å²) in [5.74, 6) is -0.880. The average Bonchev–Trinajstić information content (AvgIpc) is 2.68. The molecule has 0 aliphatic carbocycles. The van der Waals surface area contributed by atoms with Crippen molar-refractivity contribution in [3.63, 3.8) is 0 Å². The molecule has 0 bridgehead atoms. The Balaban J connectivity index is 1.68. The van der Waals surface area contributed by atoms with Gasteiger partial charge in [-0.3, -0.25) is 9.59 Å². The number of fused-ring (bicyclic) bond motifs is 1. The number of rotatable bonds is 2. The molecule has 0 spiro atoms. The number of piperidine rings is 1. The summed E-state index contributed by atoms with van der Waals surface area (Å²) in [6.45, 7) is 0.188. The Morgan fingerprint density at radius 2 is 2.27 bits per heavy atom. The summed E-state index contributed by atoms with van der Waals surface area (Å²) in [4.78, 5) is 27.6. The number of amides is 2. The van der Waals surface area contributed by atoms with Crippen LogP contribution < -0.4 is 10.0 Å². The molecule has 3 rings (SSSR count). The van der Waals surface area contributed by atoms with Crippen LogP contribution >= 0.6 is 11.6 Å². The van der Waals surface area contributed by atoms with E-state index in [1.807, 2.05) is 4.72 Å². The van der Waals surface area contributed by atoms with Gasteiger partial charge in [-0.1, -0.05) is 11.6 Å². The van der Waals surface area contributed by atoms with Crippen molar-refractivity contribution in [3.8, 4) is 0 Å². The summed E-state index contributed by atoms with van der Waals surface area (Å²) in [6, 6.07) is 1.94. The molecule has 1 aromatic rings. The largest absolute Gasteiger partial charge is 0.349 e. The van der Waals surface area contributed by atoms with Crippen LogP contribution in [0, 0.1) is 0 Å². The zero-order chi connectivity index (χ0) is 15.9. The number of nitrogens with zero attached hydrogens (tertiary/aromatic N) is 2. The molecule has 0 saturated carbocycles. The van der Waals surface area contributed by atoms with Crippen molar-refractivity contribution in [2.24, 2.45) is 0 Å². The van der Waals surface area contributed by atoms with Gasteiger partial charge in [0.2, 0.25) is 0 Å². The van der Waals surface area contributed by atoms with Crippen LogP contribution in [0.1, 0.15) is 23.2 Å². The molecule has 0 radical (unpaired) electrons. The number of carbonyl (C=O) groups excluding carboxylic acids is 2. The maximum Gasteiger partial charge on any atom is 0.304 e. The molecule has 0 unspecified atom stereocenters. The van der Waals surface area contributed by atoms with Gasteiger partial charge >= 0.3 is 10.2 Å². The van der Waals surface area contributed by atoms with Gasteiger partial charge in [0, 0.05) is 24.3 Å². The Morgan fingerprint density at radius 1 is 1.50 bits per heavy atom.